The maximum Gasteiger partial charge on any atom is 0.255 e. The van der Waals surface area contributed by atoms with Gasteiger partial charge in [-0.1, -0.05) is 25.3 Å². The van der Waals surface area contributed by atoms with Gasteiger partial charge in [-0.3, -0.25) is 9.78 Å². The van der Waals surface area contributed by atoms with Crippen molar-refractivity contribution in [3.8, 4) is 0 Å². The first-order valence-electron chi connectivity index (χ1n) is 7.66. The first-order valence-corrected chi connectivity index (χ1v) is 9.51. The fourth-order valence-electron chi connectivity index (χ4n) is 2.69. The van der Waals surface area contributed by atoms with E-state index in [1.165, 1.54) is 10.5 Å². The standard InChI is InChI=1S/C15H22N4O3S/c1-23(21,22)19(14-8-3-2-4-9-14)12-15(20)18-17-11-13-7-5-6-10-16-13/h5-7,10-11,14H,2-4,8-9,12H2,1H3,(H,18,20)/b17-11+. The maximum atomic E-state index is 12.0. The summed E-state index contributed by atoms with van der Waals surface area (Å²) in [5.41, 5.74) is 2.97. The number of rotatable bonds is 6. The van der Waals surface area contributed by atoms with Gasteiger partial charge >= 0.3 is 0 Å². The molecule has 0 spiro atoms. The zero-order chi connectivity index (χ0) is 16.7. The molecule has 126 valence electrons. The summed E-state index contributed by atoms with van der Waals surface area (Å²) in [7, 11) is -3.43. The van der Waals surface area contributed by atoms with Crippen LogP contribution in [-0.4, -0.2) is 48.7 Å². The van der Waals surface area contributed by atoms with E-state index in [1.807, 2.05) is 6.07 Å². The van der Waals surface area contributed by atoms with Crippen LogP contribution in [0.4, 0.5) is 0 Å². The summed E-state index contributed by atoms with van der Waals surface area (Å²) in [6.07, 6.45) is 8.91. The number of carbonyl (C=O) groups is 1. The van der Waals surface area contributed by atoms with Crippen molar-refractivity contribution in [2.75, 3.05) is 12.8 Å². The van der Waals surface area contributed by atoms with E-state index in [0.717, 1.165) is 38.4 Å². The Kier molecular flexibility index (Phi) is 6.23. The van der Waals surface area contributed by atoms with Gasteiger partial charge in [-0.05, 0) is 25.0 Å². The number of sulfonamides is 1. The number of aromatic nitrogens is 1. The van der Waals surface area contributed by atoms with Crippen molar-refractivity contribution >= 4 is 22.1 Å². The highest BCUT2D eigenvalue weighted by Gasteiger charge is 2.29. The van der Waals surface area contributed by atoms with E-state index < -0.39 is 15.9 Å². The van der Waals surface area contributed by atoms with Crippen LogP contribution >= 0.6 is 0 Å². The van der Waals surface area contributed by atoms with Crippen LogP contribution in [-0.2, 0) is 14.8 Å². The molecular weight excluding hydrogens is 316 g/mol. The van der Waals surface area contributed by atoms with Gasteiger partial charge in [0, 0.05) is 12.2 Å². The average molecular weight is 338 g/mol. The van der Waals surface area contributed by atoms with Crippen molar-refractivity contribution in [2.45, 2.75) is 38.1 Å². The highest BCUT2D eigenvalue weighted by Crippen LogP contribution is 2.24. The minimum Gasteiger partial charge on any atom is -0.272 e. The zero-order valence-electron chi connectivity index (χ0n) is 13.2. The average Bonchev–Trinajstić information content (AvgIpc) is 2.53. The van der Waals surface area contributed by atoms with Gasteiger partial charge in [0.2, 0.25) is 10.0 Å². The molecule has 1 aliphatic carbocycles. The van der Waals surface area contributed by atoms with Gasteiger partial charge < -0.3 is 0 Å². The summed E-state index contributed by atoms with van der Waals surface area (Å²) < 4.78 is 25.2. The number of hydrogen-bond donors (Lipinski definition) is 1. The number of pyridine rings is 1. The predicted octanol–water partition coefficient (Wildman–Crippen LogP) is 1.13. The molecule has 1 aromatic heterocycles. The molecule has 0 unspecified atom stereocenters. The number of carbonyl (C=O) groups excluding carboxylic acids is 1. The second kappa shape index (κ2) is 8.16. The van der Waals surface area contributed by atoms with E-state index in [2.05, 4.69) is 15.5 Å². The SMILES string of the molecule is CS(=O)(=O)N(CC(=O)N/N=C/c1ccccn1)C1CCCCC1. The molecule has 0 aliphatic heterocycles. The first kappa shape index (κ1) is 17.6. The first-order chi connectivity index (χ1) is 11.0. The molecule has 1 aromatic rings. The number of hydrazone groups is 1. The summed E-state index contributed by atoms with van der Waals surface area (Å²) in [4.78, 5) is 16.0. The fourth-order valence-corrected chi connectivity index (χ4v) is 3.79. The van der Waals surface area contributed by atoms with Crippen LogP contribution in [0.25, 0.3) is 0 Å². The Morgan fingerprint density at radius 3 is 2.74 bits per heavy atom. The van der Waals surface area contributed by atoms with Gasteiger partial charge in [0.1, 0.15) is 0 Å². The molecule has 2 rings (SSSR count). The monoisotopic (exact) mass is 338 g/mol. The third-order valence-corrected chi connectivity index (χ3v) is 5.06. The molecule has 1 amide bonds. The molecule has 0 radical (unpaired) electrons. The van der Waals surface area contributed by atoms with Crippen molar-refractivity contribution < 1.29 is 13.2 Å². The number of hydrogen-bond acceptors (Lipinski definition) is 5. The number of amides is 1. The molecule has 23 heavy (non-hydrogen) atoms. The lowest BCUT2D eigenvalue weighted by Gasteiger charge is -2.31. The van der Waals surface area contributed by atoms with Crippen molar-refractivity contribution in [2.24, 2.45) is 5.10 Å². The van der Waals surface area contributed by atoms with Crippen molar-refractivity contribution in [3.05, 3.63) is 30.1 Å². The molecular formula is C15H22N4O3S. The molecule has 1 N–H and O–H groups in total. The Bertz CT molecular complexity index is 640. The molecule has 0 aromatic carbocycles. The molecule has 1 aliphatic rings. The summed E-state index contributed by atoms with van der Waals surface area (Å²) in [6, 6.07) is 5.25. The molecule has 1 heterocycles. The highest BCUT2D eigenvalue weighted by molar-refractivity contribution is 7.88. The predicted molar refractivity (Wildman–Crippen MR) is 88.4 cm³/mol. The van der Waals surface area contributed by atoms with Gasteiger partial charge in [-0.15, -0.1) is 0 Å². The molecule has 1 saturated carbocycles. The molecule has 0 bridgehead atoms. The summed E-state index contributed by atoms with van der Waals surface area (Å²) in [5.74, 6) is -0.451. The Balaban J connectivity index is 1.93. The Labute approximate surface area is 136 Å². The quantitative estimate of drug-likeness (QED) is 0.621. The van der Waals surface area contributed by atoms with Crippen molar-refractivity contribution in [1.82, 2.24) is 14.7 Å². The fraction of sp³-hybridized carbons (Fsp3) is 0.533. The summed E-state index contributed by atoms with van der Waals surface area (Å²) in [5, 5.41) is 3.81. The molecule has 0 saturated heterocycles. The van der Waals surface area contributed by atoms with Gasteiger partial charge in [0.15, 0.2) is 0 Å². The lowest BCUT2D eigenvalue weighted by atomic mass is 9.95. The largest absolute Gasteiger partial charge is 0.272 e. The maximum absolute atomic E-state index is 12.0. The Morgan fingerprint density at radius 1 is 1.39 bits per heavy atom. The topological polar surface area (TPSA) is 91.7 Å². The van der Waals surface area contributed by atoms with E-state index in [1.54, 1.807) is 18.3 Å². The molecule has 1 fully saturated rings. The third kappa shape index (κ3) is 5.72. The molecule has 8 heteroatoms. The minimum atomic E-state index is -3.43. The molecule has 0 atom stereocenters. The normalized spacial score (nSPS) is 16.8. The van der Waals surface area contributed by atoms with Crippen molar-refractivity contribution in [3.63, 3.8) is 0 Å². The van der Waals surface area contributed by atoms with E-state index >= 15 is 0 Å². The molecule has 7 nitrogen and oxygen atoms in total. The number of nitrogens with one attached hydrogen (secondary N) is 1. The van der Waals surface area contributed by atoms with E-state index in [-0.39, 0.29) is 12.6 Å². The summed E-state index contributed by atoms with van der Waals surface area (Å²) >= 11 is 0. The lowest BCUT2D eigenvalue weighted by molar-refractivity contribution is -0.121. The van der Waals surface area contributed by atoms with E-state index in [4.69, 9.17) is 0 Å². The summed E-state index contributed by atoms with van der Waals surface area (Å²) in [6.45, 7) is -0.205. The van der Waals surface area contributed by atoms with Crippen LogP contribution in [0.1, 0.15) is 37.8 Å². The Morgan fingerprint density at radius 2 is 2.13 bits per heavy atom. The van der Waals surface area contributed by atoms with E-state index in [0.29, 0.717) is 5.69 Å². The highest BCUT2D eigenvalue weighted by atomic mass is 32.2. The smallest absolute Gasteiger partial charge is 0.255 e. The van der Waals surface area contributed by atoms with Crippen molar-refractivity contribution in [1.29, 1.82) is 0 Å². The van der Waals surface area contributed by atoms with Gasteiger partial charge in [0.25, 0.3) is 5.91 Å². The lowest BCUT2D eigenvalue weighted by Crippen LogP contribution is -2.45. The minimum absolute atomic E-state index is 0.0933. The third-order valence-electron chi connectivity index (χ3n) is 3.78. The van der Waals surface area contributed by atoms with Gasteiger partial charge in [-0.2, -0.15) is 9.41 Å². The van der Waals surface area contributed by atoms with Crippen LogP contribution in [0.3, 0.4) is 0 Å². The van der Waals surface area contributed by atoms with Gasteiger partial charge in [0.05, 0.1) is 24.7 Å². The van der Waals surface area contributed by atoms with Gasteiger partial charge in [-0.25, -0.2) is 13.8 Å². The van der Waals surface area contributed by atoms with Crippen LogP contribution in [0.15, 0.2) is 29.5 Å². The van der Waals surface area contributed by atoms with Crippen LogP contribution < -0.4 is 5.43 Å². The second-order valence-corrected chi connectivity index (χ2v) is 7.58. The van der Waals surface area contributed by atoms with Crippen LogP contribution in [0.5, 0.6) is 0 Å². The Hall–Kier alpha value is -1.80. The van der Waals surface area contributed by atoms with Crippen LogP contribution in [0.2, 0.25) is 0 Å². The van der Waals surface area contributed by atoms with E-state index in [9.17, 15) is 13.2 Å². The van der Waals surface area contributed by atoms with Crippen LogP contribution in [0, 0.1) is 0 Å². The number of nitrogens with zero attached hydrogens (tertiary/aromatic N) is 3. The zero-order valence-corrected chi connectivity index (χ0v) is 14.0. The second-order valence-electron chi connectivity index (χ2n) is 5.65.